The molecule has 1 heterocycles. The molecule has 1 aliphatic rings. The maximum atomic E-state index is 12.1. The zero-order valence-corrected chi connectivity index (χ0v) is 11.6. The third-order valence-corrected chi connectivity index (χ3v) is 3.48. The van der Waals surface area contributed by atoms with Crippen molar-refractivity contribution in [2.75, 3.05) is 0 Å². The largest absolute Gasteiger partial charge is 0.361 e. The molecule has 1 aliphatic carbocycles. The first-order chi connectivity index (χ1) is 8.36. The fraction of sp³-hybridized carbons (Fsp3) is 0.714. The van der Waals surface area contributed by atoms with Crippen molar-refractivity contribution in [2.24, 2.45) is 11.3 Å². The Balaban J connectivity index is 2.01. The molecule has 0 aliphatic heterocycles. The number of hydrogen-bond acceptors (Lipinski definition) is 3. The molecule has 1 atom stereocenters. The highest BCUT2D eigenvalue weighted by atomic mass is 16.5. The summed E-state index contributed by atoms with van der Waals surface area (Å²) in [6.45, 7) is 8.27. The van der Waals surface area contributed by atoms with Crippen molar-refractivity contribution >= 4 is 5.91 Å². The summed E-state index contributed by atoms with van der Waals surface area (Å²) in [5, 5.41) is 6.86. The molecule has 1 aromatic rings. The van der Waals surface area contributed by atoms with E-state index in [1.807, 2.05) is 0 Å². The molecule has 18 heavy (non-hydrogen) atoms. The van der Waals surface area contributed by atoms with Crippen LogP contribution in [0.5, 0.6) is 0 Å². The molecule has 0 saturated heterocycles. The number of aryl methyl sites for hydroxylation is 1. The predicted octanol–water partition coefficient (Wildman–Crippen LogP) is 2.93. The van der Waals surface area contributed by atoms with Gasteiger partial charge in [0, 0.05) is 12.1 Å². The summed E-state index contributed by atoms with van der Waals surface area (Å²) in [5.74, 6) is 1.32. The van der Waals surface area contributed by atoms with E-state index in [-0.39, 0.29) is 17.4 Å². The van der Waals surface area contributed by atoms with Crippen LogP contribution in [-0.2, 0) is 0 Å². The van der Waals surface area contributed by atoms with Crippen LogP contribution in [-0.4, -0.2) is 17.1 Å². The average molecular weight is 250 g/mol. The van der Waals surface area contributed by atoms with E-state index in [1.54, 1.807) is 13.0 Å². The smallest absolute Gasteiger partial charge is 0.273 e. The lowest BCUT2D eigenvalue weighted by molar-refractivity contribution is 0.0885. The molecular formula is C14H22N2O2. The molecule has 100 valence electrons. The SMILES string of the molecule is Cc1cc(C(=O)NC(CC2CC2)C(C)(C)C)no1. The van der Waals surface area contributed by atoms with E-state index in [2.05, 4.69) is 31.2 Å². The van der Waals surface area contributed by atoms with Gasteiger partial charge in [-0.2, -0.15) is 0 Å². The minimum Gasteiger partial charge on any atom is -0.361 e. The number of rotatable bonds is 4. The molecule has 2 rings (SSSR count). The van der Waals surface area contributed by atoms with Gasteiger partial charge in [-0.15, -0.1) is 0 Å². The molecule has 1 aromatic heterocycles. The van der Waals surface area contributed by atoms with Crippen molar-refractivity contribution in [1.82, 2.24) is 10.5 Å². The van der Waals surface area contributed by atoms with E-state index in [0.717, 1.165) is 12.3 Å². The van der Waals surface area contributed by atoms with Gasteiger partial charge in [-0.25, -0.2) is 0 Å². The van der Waals surface area contributed by atoms with Crippen LogP contribution in [0.1, 0.15) is 56.3 Å². The van der Waals surface area contributed by atoms with Crippen molar-refractivity contribution in [3.63, 3.8) is 0 Å². The number of hydrogen-bond donors (Lipinski definition) is 1. The Morgan fingerprint density at radius 1 is 1.56 bits per heavy atom. The lowest BCUT2D eigenvalue weighted by Gasteiger charge is -2.31. The lowest BCUT2D eigenvalue weighted by Crippen LogP contribution is -2.44. The molecule has 1 unspecified atom stereocenters. The molecule has 1 N–H and O–H groups in total. The van der Waals surface area contributed by atoms with Crippen molar-refractivity contribution in [2.45, 2.75) is 53.0 Å². The van der Waals surface area contributed by atoms with Crippen LogP contribution in [0, 0.1) is 18.3 Å². The van der Waals surface area contributed by atoms with Crippen molar-refractivity contribution in [1.29, 1.82) is 0 Å². The Hall–Kier alpha value is -1.32. The molecule has 1 fully saturated rings. The molecule has 0 spiro atoms. The molecule has 4 heteroatoms. The fourth-order valence-corrected chi connectivity index (χ4v) is 2.02. The van der Waals surface area contributed by atoms with Crippen LogP contribution in [0.4, 0.5) is 0 Å². The second kappa shape index (κ2) is 4.75. The summed E-state index contributed by atoms with van der Waals surface area (Å²) < 4.78 is 4.94. The van der Waals surface area contributed by atoms with Gasteiger partial charge in [-0.1, -0.05) is 38.8 Å². The highest BCUT2D eigenvalue weighted by Gasteiger charge is 2.33. The summed E-state index contributed by atoms with van der Waals surface area (Å²) in [4.78, 5) is 12.1. The van der Waals surface area contributed by atoms with Gasteiger partial charge in [0.25, 0.3) is 5.91 Å². The molecule has 1 saturated carbocycles. The maximum absolute atomic E-state index is 12.1. The normalized spacial score (nSPS) is 17.6. The number of nitrogens with zero attached hydrogens (tertiary/aromatic N) is 1. The number of carbonyl (C=O) groups excluding carboxylic acids is 1. The van der Waals surface area contributed by atoms with Crippen LogP contribution >= 0.6 is 0 Å². The van der Waals surface area contributed by atoms with Crippen LogP contribution < -0.4 is 5.32 Å². The zero-order valence-electron chi connectivity index (χ0n) is 11.6. The first-order valence-corrected chi connectivity index (χ1v) is 6.60. The molecule has 0 aromatic carbocycles. The third-order valence-electron chi connectivity index (χ3n) is 3.48. The maximum Gasteiger partial charge on any atom is 0.273 e. The predicted molar refractivity (Wildman–Crippen MR) is 69.3 cm³/mol. The summed E-state index contributed by atoms with van der Waals surface area (Å²) in [6, 6.07) is 1.86. The van der Waals surface area contributed by atoms with Gasteiger partial charge in [0.2, 0.25) is 0 Å². The summed E-state index contributed by atoms with van der Waals surface area (Å²) in [5.41, 5.74) is 0.439. The van der Waals surface area contributed by atoms with Gasteiger partial charge in [-0.3, -0.25) is 4.79 Å². The Bertz CT molecular complexity index is 427. The Morgan fingerprint density at radius 2 is 2.22 bits per heavy atom. The Kier molecular flexibility index (Phi) is 3.46. The highest BCUT2D eigenvalue weighted by molar-refractivity contribution is 5.92. The Labute approximate surface area is 108 Å². The van der Waals surface area contributed by atoms with Gasteiger partial charge >= 0.3 is 0 Å². The van der Waals surface area contributed by atoms with Crippen LogP contribution in [0.3, 0.4) is 0 Å². The fourth-order valence-electron chi connectivity index (χ4n) is 2.02. The Morgan fingerprint density at radius 3 is 2.67 bits per heavy atom. The number of amides is 1. The molecule has 1 amide bonds. The van der Waals surface area contributed by atoms with E-state index in [0.29, 0.717) is 11.5 Å². The van der Waals surface area contributed by atoms with Crippen LogP contribution in [0.15, 0.2) is 10.6 Å². The van der Waals surface area contributed by atoms with Crippen molar-refractivity contribution in [3.8, 4) is 0 Å². The zero-order chi connectivity index (χ0) is 13.3. The van der Waals surface area contributed by atoms with Crippen molar-refractivity contribution in [3.05, 3.63) is 17.5 Å². The minimum absolute atomic E-state index is 0.0665. The monoisotopic (exact) mass is 250 g/mol. The van der Waals surface area contributed by atoms with E-state index in [4.69, 9.17) is 4.52 Å². The van der Waals surface area contributed by atoms with Gasteiger partial charge in [0.15, 0.2) is 5.69 Å². The second-order valence-corrected chi connectivity index (χ2v) is 6.39. The molecule has 0 radical (unpaired) electrons. The lowest BCUT2D eigenvalue weighted by atomic mass is 9.83. The average Bonchev–Trinajstić information content (AvgIpc) is 2.96. The van der Waals surface area contributed by atoms with E-state index in [9.17, 15) is 4.79 Å². The van der Waals surface area contributed by atoms with E-state index >= 15 is 0 Å². The van der Waals surface area contributed by atoms with Gasteiger partial charge < -0.3 is 9.84 Å². The quantitative estimate of drug-likeness (QED) is 0.893. The third kappa shape index (κ3) is 3.34. The summed E-state index contributed by atoms with van der Waals surface area (Å²) in [6.07, 6.45) is 3.66. The summed E-state index contributed by atoms with van der Waals surface area (Å²) in [7, 11) is 0. The summed E-state index contributed by atoms with van der Waals surface area (Å²) >= 11 is 0. The highest BCUT2D eigenvalue weighted by Crippen LogP contribution is 2.37. The first-order valence-electron chi connectivity index (χ1n) is 6.60. The number of carbonyl (C=O) groups is 1. The minimum atomic E-state index is -0.132. The van der Waals surface area contributed by atoms with Crippen LogP contribution in [0.25, 0.3) is 0 Å². The molecule has 4 nitrogen and oxygen atoms in total. The number of aromatic nitrogens is 1. The number of nitrogens with one attached hydrogen (secondary N) is 1. The first kappa shape index (κ1) is 13.1. The van der Waals surface area contributed by atoms with Crippen LogP contribution in [0.2, 0.25) is 0 Å². The molecule has 0 bridgehead atoms. The van der Waals surface area contributed by atoms with Crippen molar-refractivity contribution < 1.29 is 9.32 Å². The van der Waals surface area contributed by atoms with Gasteiger partial charge in [0.1, 0.15) is 5.76 Å². The van der Waals surface area contributed by atoms with E-state index in [1.165, 1.54) is 12.8 Å². The van der Waals surface area contributed by atoms with Gasteiger partial charge in [-0.05, 0) is 24.7 Å². The second-order valence-electron chi connectivity index (χ2n) is 6.39. The van der Waals surface area contributed by atoms with E-state index < -0.39 is 0 Å². The standard InChI is InChI=1S/C14H22N2O2/c1-9-7-11(16-18-9)13(17)15-12(14(2,3)4)8-10-5-6-10/h7,10,12H,5-6,8H2,1-4H3,(H,15,17). The van der Waals surface area contributed by atoms with Gasteiger partial charge in [0.05, 0.1) is 0 Å². The topological polar surface area (TPSA) is 55.1 Å². The molecular weight excluding hydrogens is 228 g/mol.